The second-order valence-corrected chi connectivity index (χ2v) is 7.89. The van der Waals surface area contributed by atoms with Gasteiger partial charge in [0.1, 0.15) is 18.6 Å². The van der Waals surface area contributed by atoms with Crippen LogP contribution in [0.2, 0.25) is 0 Å². The molecule has 5 nitrogen and oxygen atoms in total. The number of piperidine rings is 1. The van der Waals surface area contributed by atoms with E-state index in [0.29, 0.717) is 12.1 Å². The van der Waals surface area contributed by atoms with Gasteiger partial charge in [0.2, 0.25) is 0 Å². The molecule has 2 bridgehead atoms. The molecule has 0 amide bonds. The zero-order valence-electron chi connectivity index (χ0n) is 17.3. The fourth-order valence-electron chi connectivity index (χ4n) is 4.28. The molecule has 0 aliphatic carbocycles. The summed E-state index contributed by atoms with van der Waals surface area (Å²) in [7, 11) is 2.16. The van der Waals surface area contributed by atoms with E-state index in [2.05, 4.69) is 11.9 Å². The first kappa shape index (κ1) is 21.3. The van der Waals surface area contributed by atoms with Gasteiger partial charge in [-0.25, -0.2) is 0 Å². The molecule has 2 saturated heterocycles. The Bertz CT molecular complexity index is 729. The fourth-order valence-corrected chi connectivity index (χ4v) is 4.28. The van der Waals surface area contributed by atoms with Crippen molar-refractivity contribution in [2.45, 2.75) is 63.1 Å². The van der Waals surface area contributed by atoms with E-state index >= 15 is 0 Å². The number of carbonyl (C=O) groups is 2. The van der Waals surface area contributed by atoms with E-state index in [-0.39, 0.29) is 31.1 Å². The number of nitrogens with zero attached hydrogens (tertiary/aromatic N) is 1. The summed E-state index contributed by atoms with van der Waals surface area (Å²) in [5.74, 6) is -1.25. The molecule has 0 spiro atoms. The van der Waals surface area contributed by atoms with E-state index in [1.54, 1.807) is 12.2 Å². The molecule has 4 atom stereocenters. The van der Waals surface area contributed by atoms with Gasteiger partial charge in [0.05, 0.1) is 6.42 Å². The molecule has 5 heteroatoms. The summed E-state index contributed by atoms with van der Waals surface area (Å²) in [6.45, 7) is 1.91. The van der Waals surface area contributed by atoms with Gasteiger partial charge >= 0.3 is 11.9 Å². The average Bonchev–Trinajstić information content (AvgIpc) is 2.92. The highest BCUT2D eigenvalue weighted by Crippen LogP contribution is 2.36. The van der Waals surface area contributed by atoms with Gasteiger partial charge in [0.25, 0.3) is 0 Å². The lowest BCUT2D eigenvalue weighted by Crippen LogP contribution is -2.44. The van der Waals surface area contributed by atoms with Crippen LogP contribution in [0.4, 0.5) is 0 Å². The topological polar surface area (TPSA) is 55.8 Å². The molecule has 1 aromatic carbocycles. The van der Waals surface area contributed by atoms with E-state index in [0.717, 1.165) is 18.4 Å². The fraction of sp³-hybridized carbons (Fsp3) is 0.500. The van der Waals surface area contributed by atoms with Crippen LogP contribution in [-0.2, 0) is 19.1 Å². The maximum Gasteiger partial charge on any atom is 0.317 e. The van der Waals surface area contributed by atoms with Crippen molar-refractivity contribution in [3.63, 3.8) is 0 Å². The molecule has 3 rings (SSSR count). The number of rotatable bonds is 8. The molecule has 2 aliphatic heterocycles. The van der Waals surface area contributed by atoms with Crippen molar-refractivity contribution < 1.29 is 19.1 Å². The summed E-state index contributed by atoms with van der Waals surface area (Å²) >= 11 is 0. The minimum absolute atomic E-state index is 0.00137. The van der Waals surface area contributed by atoms with Gasteiger partial charge in [0.15, 0.2) is 0 Å². The summed E-state index contributed by atoms with van der Waals surface area (Å²) in [5, 5.41) is 0. The molecule has 2 fully saturated rings. The highest BCUT2D eigenvalue weighted by molar-refractivity contribution is 5.79. The second kappa shape index (κ2) is 10.4. The van der Waals surface area contributed by atoms with Crippen LogP contribution in [0.5, 0.6) is 0 Å². The normalized spacial score (nSPS) is 25.4. The summed E-state index contributed by atoms with van der Waals surface area (Å²) in [6.07, 6.45) is 11.5. The van der Waals surface area contributed by atoms with Crippen LogP contribution >= 0.6 is 0 Å². The first-order valence-corrected chi connectivity index (χ1v) is 10.5. The number of carbonyl (C=O) groups excluding carboxylic acids is 2. The molecule has 2 heterocycles. The van der Waals surface area contributed by atoms with Gasteiger partial charge in [-0.1, -0.05) is 54.6 Å². The van der Waals surface area contributed by atoms with E-state index in [1.807, 2.05) is 49.4 Å². The van der Waals surface area contributed by atoms with Gasteiger partial charge < -0.3 is 14.4 Å². The summed E-state index contributed by atoms with van der Waals surface area (Å²) in [5.41, 5.74) is 0.811. The monoisotopic (exact) mass is 397 g/mol. The molecule has 0 saturated carbocycles. The third kappa shape index (κ3) is 5.80. The SMILES string of the molecule is C/C=C/C=C/CC(=O)OCC(C(=O)OC1C[C@H]2CC[C@@H](C1)N2C)c1ccccc1. The lowest BCUT2D eigenvalue weighted by Gasteiger charge is -2.36. The van der Waals surface area contributed by atoms with E-state index < -0.39 is 5.92 Å². The second-order valence-electron chi connectivity index (χ2n) is 7.89. The van der Waals surface area contributed by atoms with Gasteiger partial charge in [0, 0.05) is 12.1 Å². The molecule has 1 aromatic rings. The Kier molecular flexibility index (Phi) is 7.64. The van der Waals surface area contributed by atoms with Gasteiger partial charge in [-0.05, 0) is 45.2 Å². The maximum atomic E-state index is 13.0. The molecule has 0 radical (unpaired) electrons. The van der Waals surface area contributed by atoms with Crippen molar-refractivity contribution in [2.75, 3.05) is 13.7 Å². The number of esters is 2. The van der Waals surface area contributed by atoms with Gasteiger partial charge in [-0.15, -0.1) is 0 Å². The van der Waals surface area contributed by atoms with Crippen molar-refractivity contribution >= 4 is 11.9 Å². The van der Waals surface area contributed by atoms with Crippen molar-refractivity contribution in [3.8, 4) is 0 Å². The smallest absolute Gasteiger partial charge is 0.317 e. The molecule has 29 heavy (non-hydrogen) atoms. The summed E-state index contributed by atoms with van der Waals surface area (Å²) in [4.78, 5) is 27.4. The molecule has 2 aliphatic rings. The molecule has 156 valence electrons. The number of fused-ring (bicyclic) bond motifs is 2. The first-order chi connectivity index (χ1) is 14.1. The number of hydrogen-bond donors (Lipinski definition) is 0. The predicted molar refractivity (Wildman–Crippen MR) is 112 cm³/mol. The third-order valence-corrected chi connectivity index (χ3v) is 5.96. The van der Waals surface area contributed by atoms with Crippen LogP contribution in [0.1, 0.15) is 50.5 Å². The van der Waals surface area contributed by atoms with Crippen LogP contribution in [0, 0.1) is 0 Å². The summed E-state index contributed by atoms with van der Waals surface area (Å²) < 4.78 is 11.3. The van der Waals surface area contributed by atoms with Crippen LogP contribution in [0.15, 0.2) is 54.6 Å². The highest BCUT2D eigenvalue weighted by Gasteiger charge is 2.40. The Hall–Kier alpha value is -2.40. The number of hydrogen-bond acceptors (Lipinski definition) is 5. The standard InChI is InChI=1S/C24H31NO4/c1-3-4-5-9-12-23(26)28-17-22(18-10-7-6-8-11-18)24(27)29-21-15-19-13-14-20(16-21)25(19)2/h3-11,19-22H,12-17H2,1-2H3/b4-3+,9-5+/t19-,20+,21?,22?. The Balaban J connectivity index is 1.60. The van der Waals surface area contributed by atoms with Crippen molar-refractivity contribution in [3.05, 3.63) is 60.2 Å². The van der Waals surface area contributed by atoms with E-state index in [1.165, 1.54) is 12.8 Å². The molecule has 2 unspecified atom stereocenters. The molecular weight excluding hydrogens is 366 g/mol. The van der Waals surface area contributed by atoms with Gasteiger partial charge in [-0.3, -0.25) is 9.59 Å². The minimum Gasteiger partial charge on any atom is -0.464 e. The first-order valence-electron chi connectivity index (χ1n) is 10.5. The Morgan fingerprint density at radius 1 is 1.14 bits per heavy atom. The minimum atomic E-state index is -0.600. The average molecular weight is 398 g/mol. The number of benzene rings is 1. The van der Waals surface area contributed by atoms with Crippen LogP contribution < -0.4 is 0 Å². The van der Waals surface area contributed by atoms with Crippen molar-refractivity contribution in [2.24, 2.45) is 0 Å². The molecule has 0 aromatic heterocycles. The van der Waals surface area contributed by atoms with Crippen molar-refractivity contribution in [1.29, 1.82) is 0 Å². The third-order valence-electron chi connectivity index (χ3n) is 5.96. The summed E-state index contributed by atoms with van der Waals surface area (Å²) in [6, 6.07) is 10.4. The van der Waals surface area contributed by atoms with E-state index in [4.69, 9.17) is 9.47 Å². The lowest BCUT2D eigenvalue weighted by atomic mass is 9.98. The van der Waals surface area contributed by atoms with E-state index in [9.17, 15) is 9.59 Å². The van der Waals surface area contributed by atoms with Crippen LogP contribution in [0.3, 0.4) is 0 Å². The number of allylic oxidation sites excluding steroid dienone is 3. The molecular formula is C24H31NO4. The highest BCUT2D eigenvalue weighted by atomic mass is 16.6. The zero-order chi connectivity index (χ0) is 20.6. The lowest BCUT2D eigenvalue weighted by molar-refractivity contribution is -0.157. The van der Waals surface area contributed by atoms with Crippen LogP contribution in [0.25, 0.3) is 0 Å². The van der Waals surface area contributed by atoms with Crippen molar-refractivity contribution in [1.82, 2.24) is 4.90 Å². The quantitative estimate of drug-likeness (QED) is 0.490. The Labute approximate surface area is 173 Å². The largest absolute Gasteiger partial charge is 0.464 e. The van der Waals surface area contributed by atoms with Gasteiger partial charge in [-0.2, -0.15) is 0 Å². The Morgan fingerprint density at radius 3 is 2.48 bits per heavy atom. The van der Waals surface area contributed by atoms with Crippen LogP contribution in [-0.4, -0.2) is 48.7 Å². The Morgan fingerprint density at radius 2 is 1.83 bits per heavy atom. The molecule has 0 N–H and O–H groups in total. The maximum absolute atomic E-state index is 13.0. The predicted octanol–water partition coefficient (Wildman–Crippen LogP) is 4.00. The number of ether oxygens (including phenoxy) is 2. The zero-order valence-corrected chi connectivity index (χ0v) is 17.3.